The van der Waals surface area contributed by atoms with E-state index < -0.39 is 5.67 Å². The van der Waals surface area contributed by atoms with Crippen LogP contribution in [0.5, 0.6) is 0 Å². The number of carbonyl (C=O) groups is 1. The molecule has 0 spiro atoms. The Bertz CT molecular complexity index is 673. The molecule has 0 fully saturated rings. The van der Waals surface area contributed by atoms with E-state index in [1.165, 1.54) is 25.2 Å². The third-order valence-corrected chi connectivity index (χ3v) is 4.14. The molecule has 118 valence electrons. The zero-order valence-electron chi connectivity index (χ0n) is 12.2. The lowest BCUT2D eigenvalue weighted by Gasteiger charge is -2.17. The molecule has 1 atom stereocenters. The minimum absolute atomic E-state index is 0.00960. The Labute approximate surface area is 136 Å². The fourth-order valence-electron chi connectivity index (χ4n) is 1.65. The number of nitrogens with one attached hydrogen (secondary N) is 2. The third-order valence-electron chi connectivity index (χ3n) is 2.72. The molecule has 2 aromatic rings. The zero-order chi connectivity index (χ0) is 16.3. The zero-order valence-corrected chi connectivity index (χ0v) is 13.8. The second-order valence-electron chi connectivity index (χ2n) is 5.05. The van der Waals surface area contributed by atoms with Gasteiger partial charge in [-0.25, -0.2) is 4.39 Å². The number of rotatable bonds is 6. The van der Waals surface area contributed by atoms with Crippen LogP contribution in [0.3, 0.4) is 0 Å². The van der Waals surface area contributed by atoms with Gasteiger partial charge in [0, 0.05) is 4.88 Å². The maximum atomic E-state index is 14.1. The summed E-state index contributed by atoms with van der Waals surface area (Å²) < 4.78 is 14.7. The third kappa shape index (κ3) is 4.11. The van der Waals surface area contributed by atoms with Crippen molar-refractivity contribution in [2.75, 3.05) is 10.6 Å². The van der Waals surface area contributed by atoms with E-state index in [-0.39, 0.29) is 23.8 Å². The minimum Gasteiger partial charge on any atom is -0.347 e. The lowest BCUT2D eigenvalue weighted by molar-refractivity contribution is -0.105. The molecule has 1 unspecified atom stereocenters. The number of aromatic nitrogens is 3. The highest BCUT2D eigenvalue weighted by Crippen LogP contribution is 2.29. The van der Waals surface area contributed by atoms with E-state index in [0.717, 1.165) is 4.88 Å². The number of carbonyl (C=O) groups excluding carboxylic acids is 1. The van der Waals surface area contributed by atoms with Crippen LogP contribution < -0.4 is 10.6 Å². The van der Waals surface area contributed by atoms with Crippen molar-refractivity contribution >= 4 is 41.2 Å². The van der Waals surface area contributed by atoms with Crippen LogP contribution in [0.2, 0.25) is 4.34 Å². The topological polar surface area (TPSA) is 79.8 Å². The molecule has 0 saturated heterocycles. The van der Waals surface area contributed by atoms with E-state index in [1.807, 2.05) is 13.0 Å². The lowest BCUT2D eigenvalue weighted by Crippen LogP contribution is -2.19. The lowest BCUT2D eigenvalue weighted by atomic mass is 10.1. The SMILES string of the molecule is CC(Nc1nc(NC=O)nc(C(C)(C)F)n1)c1ccc(Cl)s1. The van der Waals surface area contributed by atoms with E-state index in [0.29, 0.717) is 10.7 Å². The molecule has 2 N–H and O–H groups in total. The summed E-state index contributed by atoms with van der Waals surface area (Å²) in [6, 6.07) is 3.55. The average Bonchev–Trinajstić information content (AvgIpc) is 2.84. The van der Waals surface area contributed by atoms with Crippen LogP contribution in [-0.2, 0) is 10.5 Å². The summed E-state index contributed by atoms with van der Waals surface area (Å²) in [5, 5.41) is 5.36. The van der Waals surface area contributed by atoms with Gasteiger partial charge >= 0.3 is 0 Å². The second-order valence-corrected chi connectivity index (χ2v) is 6.80. The van der Waals surface area contributed by atoms with Crippen molar-refractivity contribution in [3.05, 3.63) is 27.2 Å². The highest BCUT2D eigenvalue weighted by atomic mass is 35.5. The number of hydrogen-bond acceptors (Lipinski definition) is 6. The van der Waals surface area contributed by atoms with Gasteiger partial charge in [0.25, 0.3) is 0 Å². The standard InChI is InChI=1S/C13H15ClFN5OS/c1-7(8-4-5-9(14)22-8)17-12-19-10(13(2,3)15)18-11(20-12)16-6-21/h4-7H,1-3H3,(H2,16,17,18,19,20,21). The molecule has 0 aliphatic carbocycles. The number of halogens is 2. The molecule has 0 saturated carbocycles. The van der Waals surface area contributed by atoms with E-state index in [4.69, 9.17) is 11.6 Å². The average molecular weight is 344 g/mol. The van der Waals surface area contributed by atoms with Crippen molar-refractivity contribution in [3.63, 3.8) is 0 Å². The van der Waals surface area contributed by atoms with Gasteiger partial charge in [-0.1, -0.05) is 11.6 Å². The summed E-state index contributed by atoms with van der Waals surface area (Å²) in [6.45, 7) is 4.57. The molecule has 0 aromatic carbocycles. The van der Waals surface area contributed by atoms with Gasteiger partial charge in [-0.2, -0.15) is 15.0 Å². The smallest absolute Gasteiger partial charge is 0.234 e. The Balaban J connectivity index is 2.29. The molecule has 0 aliphatic heterocycles. The predicted octanol–water partition coefficient (Wildman–Crippen LogP) is 3.53. The Morgan fingerprint density at radius 2 is 2.00 bits per heavy atom. The van der Waals surface area contributed by atoms with Crippen LogP contribution >= 0.6 is 22.9 Å². The van der Waals surface area contributed by atoms with Gasteiger partial charge in [-0.3, -0.25) is 10.1 Å². The second kappa shape index (κ2) is 6.53. The van der Waals surface area contributed by atoms with Crippen LogP contribution in [0.15, 0.2) is 12.1 Å². The first-order valence-corrected chi connectivity index (χ1v) is 7.66. The molecule has 2 heterocycles. The summed E-state index contributed by atoms with van der Waals surface area (Å²) in [4.78, 5) is 23.5. The molecule has 9 heteroatoms. The van der Waals surface area contributed by atoms with Gasteiger partial charge < -0.3 is 5.32 Å². The number of hydrogen-bond donors (Lipinski definition) is 2. The number of thiophene rings is 1. The van der Waals surface area contributed by atoms with Gasteiger partial charge in [0.05, 0.1) is 10.4 Å². The molecule has 2 rings (SSSR count). The molecule has 22 heavy (non-hydrogen) atoms. The molecule has 1 amide bonds. The monoisotopic (exact) mass is 343 g/mol. The summed E-state index contributed by atoms with van der Waals surface area (Å²) in [5.74, 6) is 0.104. The van der Waals surface area contributed by atoms with Gasteiger partial charge in [0.1, 0.15) is 0 Å². The van der Waals surface area contributed by atoms with Crippen LogP contribution in [-0.4, -0.2) is 21.4 Å². The Morgan fingerprint density at radius 3 is 2.55 bits per heavy atom. The molecule has 2 aromatic heterocycles. The van der Waals surface area contributed by atoms with Crippen LogP contribution in [0.4, 0.5) is 16.3 Å². The molecule has 0 bridgehead atoms. The maximum Gasteiger partial charge on any atom is 0.234 e. The highest BCUT2D eigenvalue weighted by molar-refractivity contribution is 7.16. The summed E-state index contributed by atoms with van der Waals surface area (Å²) in [6.07, 6.45) is 0.427. The van der Waals surface area contributed by atoms with Crippen molar-refractivity contribution in [1.29, 1.82) is 0 Å². The van der Waals surface area contributed by atoms with Crippen molar-refractivity contribution in [2.45, 2.75) is 32.5 Å². The van der Waals surface area contributed by atoms with Crippen LogP contribution in [0.25, 0.3) is 0 Å². The summed E-state index contributed by atoms with van der Waals surface area (Å²) in [5.41, 5.74) is -1.76. The fourth-order valence-corrected chi connectivity index (χ4v) is 2.71. The highest BCUT2D eigenvalue weighted by Gasteiger charge is 2.25. The quantitative estimate of drug-likeness (QED) is 0.784. The van der Waals surface area contributed by atoms with Gasteiger partial charge in [0.15, 0.2) is 11.5 Å². The molecular formula is C13H15ClFN5OS. The summed E-state index contributed by atoms with van der Waals surface area (Å²) in [7, 11) is 0. The largest absolute Gasteiger partial charge is 0.347 e. The normalized spacial score (nSPS) is 12.8. The van der Waals surface area contributed by atoms with Crippen molar-refractivity contribution < 1.29 is 9.18 Å². The first-order chi connectivity index (χ1) is 10.3. The molecular weight excluding hydrogens is 329 g/mol. The molecule has 6 nitrogen and oxygen atoms in total. The van der Waals surface area contributed by atoms with E-state index in [9.17, 15) is 9.18 Å². The number of alkyl halides is 1. The van der Waals surface area contributed by atoms with Gasteiger partial charge in [-0.15, -0.1) is 11.3 Å². The van der Waals surface area contributed by atoms with Crippen molar-refractivity contribution in [2.24, 2.45) is 0 Å². The number of nitrogens with zero attached hydrogens (tertiary/aromatic N) is 3. The van der Waals surface area contributed by atoms with E-state index >= 15 is 0 Å². The first-order valence-electron chi connectivity index (χ1n) is 6.47. The predicted molar refractivity (Wildman–Crippen MR) is 85.0 cm³/mol. The van der Waals surface area contributed by atoms with E-state index in [2.05, 4.69) is 25.6 Å². The van der Waals surface area contributed by atoms with Gasteiger partial charge in [0.2, 0.25) is 18.3 Å². The Hall–Kier alpha value is -1.80. The fraction of sp³-hybridized carbons (Fsp3) is 0.385. The van der Waals surface area contributed by atoms with Crippen LogP contribution in [0.1, 0.15) is 37.5 Å². The van der Waals surface area contributed by atoms with Crippen LogP contribution in [0, 0.1) is 0 Å². The van der Waals surface area contributed by atoms with Gasteiger partial charge in [-0.05, 0) is 32.9 Å². The van der Waals surface area contributed by atoms with Crippen molar-refractivity contribution in [1.82, 2.24) is 15.0 Å². The molecule has 0 aliphatic rings. The number of amides is 1. The maximum absolute atomic E-state index is 14.1. The number of anilines is 2. The first kappa shape index (κ1) is 16.6. The van der Waals surface area contributed by atoms with Crippen molar-refractivity contribution in [3.8, 4) is 0 Å². The van der Waals surface area contributed by atoms with E-state index in [1.54, 1.807) is 6.07 Å². The summed E-state index contributed by atoms with van der Waals surface area (Å²) >= 11 is 7.34. The Morgan fingerprint density at radius 1 is 1.32 bits per heavy atom. The minimum atomic E-state index is -1.76. The molecule has 0 radical (unpaired) electrons. The Kier molecular flexibility index (Phi) is 4.92.